The van der Waals surface area contributed by atoms with Crippen LogP contribution in [0.3, 0.4) is 0 Å². The van der Waals surface area contributed by atoms with E-state index in [0.717, 1.165) is 28.5 Å². The molecule has 1 fully saturated rings. The topological polar surface area (TPSA) is 36.3 Å². The number of anilines is 2. The summed E-state index contributed by atoms with van der Waals surface area (Å²) in [5.41, 5.74) is 4.73. The first-order chi connectivity index (χ1) is 16.0. The van der Waals surface area contributed by atoms with Crippen molar-refractivity contribution in [3.8, 4) is 5.69 Å². The van der Waals surface area contributed by atoms with Crippen molar-refractivity contribution >= 4 is 28.7 Å². The van der Waals surface area contributed by atoms with Crippen molar-refractivity contribution < 1.29 is 4.39 Å². The molecule has 1 aliphatic rings. The summed E-state index contributed by atoms with van der Waals surface area (Å²) >= 11 is 5.82. The van der Waals surface area contributed by atoms with E-state index < -0.39 is 0 Å². The van der Waals surface area contributed by atoms with E-state index >= 15 is 0 Å². The van der Waals surface area contributed by atoms with Gasteiger partial charge in [-0.1, -0.05) is 12.1 Å². The highest BCUT2D eigenvalue weighted by molar-refractivity contribution is 7.80. The molecule has 5 rings (SSSR count). The minimum absolute atomic E-state index is 0.172. The van der Waals surface area contributed by atoms with E-state index in [4.69, 9.17) is 12.2 Å². The van der Waals surface area contributed by atoms with Gasteiger partial charge in [-0.15, -0.1) is 0 Å². The number of hydrogen-bond acceptors (Lipinski definition) is 3. The van der Waals surface area contributed by atoms with Crippen LogP contribution >= 0.6 is 12.2 Å². The fourth-order valence-corrected chi connectivity index (χ4v) is 4.69. The maximum atomic E-state index is 14.0. The maximum Gasteiger partial charge on any atom is 0.174 e. The Bertz CT molecular complexity index is 1270. The Kier molecular flexibility index (Phi) is 5.56. The van der Waals surface area contributed by atoms with Crippen LogP contribution in [0.5, 0.6) is 0 Å². The molecule has 0 amide bonds. The van der Waals surface area contributed by atoms with Crippen LogP contribution in [-0.2, 0) is 0 Å². The van der Waals surface area contributed by atoms with Gasteiger partial charge in [-0.3, -0.25) is 4.98 Å². The average Bonchev–Trinajstić information content (AvgIpc) is 3.44. The molecule has 0 saturated carbocycles. The van der Waals surface area contributed by atoms with E-state index in [1.165, 1.54) is 12.1 Å². The second-order valence-electron chi connectivity index (χ2n) is 8.19. The van der Waals surface area contributed by atoms with Crippen LogP contribution in [0.4, 0.5) is 15.8 Å². The minimum atomic E-state index is -0.273. The van der Waals surface area contributed by atoms with E-state index in [0.29, 0.717) is 5.11 Å². The molecular formula is C26H24FN5S. The van der Waals surface area contributed by atoms with Gasteiger partial charge in [0.2, 0.25) is 0 Å². The molecule has 0 bridgehead atoms. The van der Waals surface area contributed by atoms with Gasteiger partial charge in [0, 0.05) is 49.2 Å². The zero-order valence-electron chi connectivity index (χ0n) is 18.4. The maximum absolute atomic E-state index is 14.0. The fourth-order valence-electron chi connectivity index (χ4n) is 4.34. The Balaban J connectivity index is 1.64. The smallest absolute Gasteiger partial charge is 0.174 e. The summed E-state index contributed by atoms with van der Waals surface area (Å²) < 4.78 is 16.1. The van der Waals surface area contributed by atoms with Crippen LogP contribution in [0.2, 0.25) is 0 Å². The molecule has 2 aromatic heterocycles. The lowest BCUT2D eigenvalue weighted by Crippen LogP contribution is -2.30. The molecule has 0 aliphatic carbocycles. The third-order valence-corrected chi connectivity index (χ3v) is 6.23. The van der Waals surface area contributed by atoms with Crippen LogP contribution in [0.1, 0.15) is 23.5 Å². The highest BCUT2D eigenvalue weighted by atomic mass is 32.1. The summed E-state index contributed by atoms with van der Waals surface area (Å²) in [5.74, 6) is -0.273. The number of benzene rings is 2. The lowest BCUT2D eigenvalue weighted by molar-refractivity contribution is 0.549. The van der Waals surface area contributed by atoms with Crippen LogP contribution in [0.25, 0.3) is 5.69 Å². The van der Waals surface area contributed by atoms with Gasteiger partial charge in [-0.05, 0) is 78.9 Å². The first-order valence-electron chi connectivity index (χ1n) is 10.7. The van der Waals surface area contributed by atoms with Gasteiger partial charge < -0.3 is 19.7 Å². The van der Waals surface area contributed by atoms with Gasteiger partial charge in [-0.25, -0.2) is 4.39 Å². The Morgan fingerprint density at radius 2 is 1.76 bits per heavy atom. The number of thiocarbonyl (C=S) groups is 1. The second-order valence-corrected chi connectivity index (χ2v) is 8.58. The summed E-state index contributed by atoms with van der Waals surface area (Å²) in [6, 6.07) is 24.5. The van der Waals surface area contributed by atoms with Crippen LogP contribution in [0, 0.1) is 5.82 Å². The van der Waals surface area contributed by atoms with Crippen molar-refractivity contribution in [1.82, 2.24) is 14.9 Å². The molecule has 0 spiro atoms. The summed E-state index contributed by atoms with van der Waals surface area (Å²) in [4.78, 5) is 8.80. The Labute approximate surface area is 198 Å². The van der Waals surface area contributed by atoms with Crippen molar-refractivity contribution in [2.24, 2.45) is 0 Å². The van der Waals surface area contributed by atoms with Gasteiger partial charge >= 0.3 is 0 Å². The molecule has 166 valence electrons. The molecule has 3 heterocycles. The molecule has 5 nitrogen and oxygen atoms in total. The summed E-state index contributed by atoms with van der Waals surface area (Å²) in [6.45, 7) is 0. The minimum Gasteiger partial charge on any atom is -0.378 e. The van der Waals surface area contributed by atoms with E-state index in [1.807, 2.05) is 55.2 Å². The highest BCUT2D eigenvalue weighted by Gasteiger charge is 2.42. The largest absolute Gasteiger partial charge is 0.378 e. The predicted octanol–water partition coefficient (Wildman–Crippen LogP) is 5.25. The number of hydrogen-bond donors (Lipinski definition) is 1. The lowest BCUT2D eigenvalue weighted by Gasteiger charge is -2.29. The Morgan fingerprint density at radius 3 is 2.45 bits per heavy atom. The van der Waals surface area contributed by atoms with E-state index in [9.17, 15) is 4.39 Å². The molecule has 2 atom stereocenters. The number of halogens is 1. The number of aromatic nitrogens is 2. The van der Waals surface area contributed by atoms with Crippen molar-refractivity contribution in [3.05, 3.63) is 108 Å². The third-order valence-electron chi connectivity index (χ3n) is 5.91. The number of pyridine rings is 1. The number of nitrogens with zero attached hydrogens (tertiary/aromatic N) is 4. The molecular weight excluding hydrogens is 433 g/mol. The monoisotopic (exact) mass is 457 g/mol. The molecule has 33 heavy (non-hydrogen) atoms. The quantitative estimate of drug-likeness (QED) is 0.414. The van der Waals surface area contributed by atoms with Gasteiger partial charge in [-0.2, -0.15) is 0 Å². The standard InChI is InChI=1S/C26H24FN5S/c1-30(2)19-11-13-20(14-12-19)32-25(24(29-26(32)33)22-9-3-4-15-28-22)23-10-6-16-31(23)21-8-5-7-18(27)17-21/h3-17,24-25H,1-2H3,(H,29,33)/t24-,25-/m1/s1. The molecule has 2 aromatic carbocycles. The zero-order chi connectivity index (χ0) is 22.9. The lowest BCUT2D eigenvalue weighted by atomic mass is 10.0. The second kappa shape index (κ2) is 8.67. The SMILES string of the molecule is CN(C)c1ccc(N2C(=S)N[C@H](c3ccccn3)[C@H]2c2cccn2-c2cccc(F)c2)cc1. The van der Waals surface area contributed by atoms with Crippen LogP contribution in [-0.4, -0.2) is 28.8 Å². The number of rotatable bonds is 5. The van der Waals surface area contributed by atoms with Crippen molar-refractivity contribution in [1.29, 1.82) is 0 Å². The number of nitrogens with one attached hydrogen (secondary N) is 1. The first-order valence-corrected chi connectivity index (χ1v) is 11.1. The fraction of sp³-hybridized carbons (Fsp3) is 0.154. The summed E-state index contributed by atoms with van der Waals surface area (Å²) in [7, 11) is 4.03. The average molecular weight is 458 g/mol. The first kappa shape index (κ1) is 21.2. The van der Waals surface area contributed by atoms with Gasteiger partial charge in [0.1, 0.15) is 11.9 Å². The third kappa shape index (κ3) is 3.96. The van der Waals surface area contributed by atoms with Gasteiger partial charge in [0.05, 0.1) is 11.7 Å². The Morgan fingerprint density at radius 1 is 0.939 bits per heavy atom. The van der Waals surface area contributed by atoms with Crippen molar-refractivity contribution in [3.63, 3.8) is 0 Å². The molecule has 1 N–H and O–H groups in total. The summed E-state index contributed by atoms with van der Waals surface area (Å²) in [6.07, 6.45) is 3.74. The van der Waals surface area contributed by atoms with Gasteiger partial charge in [0.15, 0.2) is 5.11 Å². The molecule has 1 saturated heterocycles. The van der Waals surface area contributed by atoms with Crippen LogP contribution in [0.15, 0.2) is 91.3 Å². The molecule has 4 aromatic rings. The van der Waals surface area contributed by atoms with E-state index in [-0.39, 0.29) is 17.9 Å². The molecule has 7 heteroatoms. The highest BCUT2D eigenvalue weighted by Crippen LogP contribution is 2.42. The Hall–Kier alpha value is -3.71. The van der Waals surface area contributed by atoms with Gasteiger partial charge in [0.25, 0.3) is 0 Å². The zero-order valence-corrected chi connectivity index (χ0v) is 19.2. The molecule has 0 radical (unpaired) electrons. The van der Waals surface area contributed by atoms with Crippen LogP contribution < -0.4 is 15.1 Å². The van der Waals surface area contributed by atoms with E-state index in [1.54, 1.807) is 12.3 Å². The van der Waals surface area contributed by atoms with Crippen molar-refractivity contribution in [2.45, 2.75) is 12.1 Å². The predicted molar refractivity (Wildman–Crippen MR) is 134 cm³/mol. The normalized spacial score (nSPS) is 17.8. The molecule has 1 aliphatic heterocycles. The van der Waals surface area contributed by atoms with Crippen molar-refractivity contribution in [2.75, 3.05) is 23.9 Å². The summed E-state index contributed by atoms with van der Waals surface area (Å²) in [5, 5.41) is 4.11. The van der Waals surface area contributed by atoms with E-state index in [2.05, 4.69) is 50.4 Å². The molecule has 0 unspecified atom stereocenters.